The van der Waals surface area contributed by atoms with E-state index in [4.69, 9.17) is 11.0 Å². The highest BCUT2D eigenvalue weighted by Gasteiger charge is 2.11. The molecule has 1 aromatic heterocycles. The summed E-state index contributed by atoms with van der Waals surface area (Å²) < 4.78 is 0. The number of amides is 1. The van der Waals surface area contributed by atoms with Crippen LogP contribution in [0, 0.1) is 18.3 Å². The first kappa shape index (κ1) is 12.5. The molecule has 0 aliphatic carbocycles. The van der Waals surface area contributed by atoms with Gasteiger partial charge in [0.2, 0.25) is 0 Å². The monoisotopic (exact) mass is 253 g/mol. The lowest BCUT2D eigenvalue weighted by Crippen LogP contribution is -2.15. The molecule has 2 aromatic rings. The maximum atomic E-state index is 11.3. The van der Waals surface area contributed by atoms with Crippen LogP contribution in [0.5, 0.6) is 0 Å². The van der Waals surface area contributed by atoms with Gasteiger partial charge in [-0.15, -0.1) is 0 Å². The van der Waals surface area contributed by atoms with Gasteiger partial charge in [0.1, 0.15) is 17.2 Å². The summed E-state index contributed by atoms with van der Waals surface area (Å²) in [5, 5.41) is 11.8. The molecule has 0 atom stereocenters. The Balaban J connectivity index is 2.40. The Hall–Kier alpha value is -2.94. The topological polar surface area (TPSA) is 105 Å². The fourth-order valence-electron chi connectivity index (χ4n) is 1.55. The van der Waals surface area contributed by atoms with Crippen LogP contribution in [0.3, 0.4) is 0 Å². The third kappa shape index (κ3) is 2.84. The summed E-state index contributed by atoms with van der Waals surface area (Å²) in [6, 6.07) is 8.88. The summed E-state index contributed by atoms with van der Waals surface area (Å²) in [4.78, 5) is 19.4. The van der Waals surface area contributed by atoms with Crippen molar-refractivity contribution in [2.45, 2.75) is 6.92 Å². The second kappa shape index (κ2) is 5.14. The number of anilines is 2. The highest BCUT2D eigenvalue weighted by molar-refractivity contribution is 5.97. The molecule has 0 unspecified atom stereocenters. The molecule has 0 saturated heterocycles. The van der Waals surface area contributed by atoms with Crippen LogP contribution in [-0.4, -0.2) is 15.9 Å². The van der Waals surface area contributed by atoms with Crippen LogP contribution in [0.4, 0.5) is 11.5 Å². The number of nitrogens with two attached hydrogens (primary N) is 1. The predicted molar refractivity (Wildman–Crippen MR) is 69.7 cm³/mol. The number of hydrogen-bond donors (Lipinski definition) is 2. The number of aromatic nitrogens is 2. The number of nitrogens with zero attached hydrogens (tertiary/aromatic N) is 3. The van der Waals surface area contributed by atoms with Crippen LogP contribution in [0.25, 0.3) is 0 Å². The van der Waals surface area contributed by atoms with Gasteiger partial charge in [-0.1, -0.05) is 6.07 Å². The van der Waals surface area contributed by atoms with E-state index in [0.717, 1.165) is 0 Å². The van der Waals surface area contributed by atoms with Gasteiger partial charge in [0.05, 0.1) is 11.6 Å². The average Bonchev–Trinajstić information content (AvgIpc) is 2.38. The second-order valence-corrected chi connectivity index (χ2v) is 3.86. The Morgan fingerprint density at radius 3 is 2.95 bits per heavy atom. The molecule has 0 radical (unpaired) electrons. The minimum absolute atomic E-state index is 0.202. The standard InChI is InChI=1S/C13H11N5O/c1-8-16-7-11(12(15)19)13(17-8)18-10-4-2-3-9(5-10)6-14/h2-5,7H,1H3,(H2,15,19)(H,16,17,18). The zero-order valence-corrected chi connectivity index (χ0v) is 10.2. The van der Waals surface area contributed by atoms with Gasteiger partial charge in [0.25, 0.3) is 5.91 Å². The maximum Gasteiger partial charge on any atom is 0.254 e. The Morgan fingerprint density at radius 1 is 1.47 bits per heavy atom. The molecule has 0 aliphatic heterocycles. The van der Waals surface area contributed by atoms with Crippen LogP contribution in [0.15, 0.2) is 30.5 Å². The molecule has 2 rings (SSSR count). The third-order valence-corrected chi connectivity index (χ3v) is 2.43. The van der Waals surface area contributed by atoms with Crippen molar-refractivity contribution in [1.82, 2.24) is 9.97 Å². The average molecular weight is 253 g/mol. The van der Waals surface area contributed by atoms with Gasteiger partial charge >= 0.3 is 0 Å². The number of rotatable bonds is 3. The minimum Gasteiger partial charge on any atom is -0.365 e. The zero-order chi connectivity index (χ0) is 13.8. The van der Waals surface area contributed by atoms with Crippen LogP contribution < -0.4 is 11.1 Å². The van der Waals surface area contributed by atoms with Gasteiger partial charge < -0.3 is 11.1 Å². The van der Waals surface area contributed by atoms with E-state index < -0.39 is 5.91 Å². The van der Waals surface area contributed by atoms with Crippen molar-refractivity contribution < 1.29 is 4.79 Å². The molecule has 6 heteroatoms. The fraction of sp³-hybridized carbons (Fsp3) is 0.0769. The lowest BCUT2D eigenvalue weighted by molar-refractivity contribution is 0.100. The summed E-state index contributed by atoms with van der Waals surface area (Å²) >= 11 is 0. The van der Waals surface area contributed by atoms with E-state index in [2.05, 4.69) is 15.3 Å². The lowest BCUT2D eigenvalue weighted by Gasteiger charge is -2.09. The molecule has 1 amide bonds. The number of nitriles is 1. The van der Waals surface area contributed by atoms with Gasteiger partial charge in [-0.2, -0.15) is 5.26 Å². The highest BCUT2D eigenvalue weighted by Crippen LogP contribution is 2.19. The van der Waals surface area contributed by atoms with E-state index in [-0.39, 0.29) is 5.56 Å². The Kier molecular flexibility index (Phi) is 3.39. The molecular weight excluding hydrogens is 242 g/mol. The summed E-state index contributed by atoms with van der Waals surface area (Å²) in [5.74, 6) is 0.234. The SMILES string of the molecule is Cc1ncc(C(N)=O)c(Nc2cccc(C#N)c2)n1. The molecule has 94 valence electrons. The molecule has 19 heavy (non-hydrogen) atoms. The number of aryl methyl sites for hydroxylation is 1. The summed E-state index contributed by atoms with van der Waals surface area (Å²) in [5.41, 5.74) is 6.63. The van der Waals surface area contributed by atoms with Crippen molar-refractivity contribution in [3.8, 4) is 6.07 Å². The number of hydrogen-bond acceptors (Lipinski definition) is 5. The van der Waals surface area contributed by atoms with E-state index in [0.29, 0.717) is 22.9 Å². The summed E-state index contributed by atoms with van der Waals surface area (Å²) in [6.07, 6.45) is 1.38. The first-order valence-electron chi connectivity index (χ1n) is 5.51. The van der Waals surface area contributed by atoms with E-state index in [1.165, 1.54) is 6.20 Å². The van der Waals surface area contributed by atoms with Crippen molar-refractivity contribution in [1.29, 1.82) is 5.26 Å². The second-order valence-electron chi connectivity index (χ2n) is 3.86. The highest BCUT2D eigenvalue weighted by atomic mass is 16.1. The normalized spacial score (nSPS) is 9.68. The molecule has 0 bridgehead atoms. The first-order chi connectivity index (χ1) is 9.10. The van der Waals surface area contributed by atoms with Gasteiger partial charge in [-0.3, -0.25) is 4.79 Å². The molecular formula is C13H11N5O. The predicted octanol–water partition coefficient (Wildman–Crippen LogP) is 1.50. The largest absolute Gasteiger partial charge is 0.365 e. The van der Waals surface area contributed by atoms with E-state index in [9.17, 15) is 4.79 Å². The Bertz CT molecular complexity index is 675. The van der Waals surface area contributed by atoms with E-state index >= 15 is 0 Å². The number of nitrogens with one attached hydrogen (secondary N) is 1. The number of carbonyl (C=O) groups is 1. The lowest BCUT2D eigenvalue weighted by atomic mass is 10.2. The van der Waals surface area contributed by atoms with Crippen LogP contribution >= 0.6 is 0 Å². The molecule has 0 spiro atoms. The quantitative estimate of drug-likeness (QED) is 0.862. The number of primary amides is 1. The van der Waals surface area contributed by atoms with Crippen molar-refractivity contribution in [3.05, 3.63) is 47.4 Å². The van der Waals surface area contributed by atoms with Crippen LogP contribution in [-0.2, 0) is 0 Å². The van der Waals surface area contributed by atoms with Crippen molar-refractivity contribution >= 4 is 17.4 Å². The third-order valence-electron chi connectivity index (χ3n) is 2.43. The summed E-state index contributed by atoms with van der Waals surface area (Å²) in [7, 11) is 0. The fourth-order valence-corrected chi connectivity index (χ4v) is 1.55. The van der Waals surface area contributed by atoms with Gasteiger partial charge in [0, 0.05) is 11.9 Å². The molecule has 1 aromatic carbocycles. The van der Waals surface area contributed by atoms with Gasteiger partial charge in [0.15, 0.2) is 0 Å². The van der Waals surface area contributed by atoms with Crippen LogP contribution in [0.1, 0.15) is 21.7 Å². The molecule has 6 nitrogen and oxygen atoms in total. The van der Waals surface area contributed by atoms with Crippen molar-refractivity contribution in [3.63, 3.8) is 0 Å². The van der Waals surface area contributed by atoms with E-state index in [1.807, 2.05) is 6.07 Å². The maximum absolute atomic E-state index is 11.3. The van der Waals surface area contributed by atoms with Crippen molar-refractivity contribution in [2.24, 2.45) is 5.73 Å². The number of carbonyl (C=O) groups excluding carboxylic acids is 1. The van der Waals surface area contributed by atoms with Crippen LogP contribution in [0.2, 0.25) is 0 Å². The van der Waals surface area contributed by atoms with E-state index in [1.54, 1.807) is 31.2 Å². The first-order valence-corrected chi connectivity index (χ1v) is 5.51. The zero-order valence-electron chi connectivity index (χ0n) is 10.2. The molecule has 1 heterocycles. The number of benzene rings is 1. The molecule has 0 aliphatic rings. The summed E-state index contributed by atoms with van der Waals surface area (Å²) in [6.45, 7) is 1.71. The van der Waals surface area contributed by atoms with Gasteiger partial charge in [-0.25, -0.2) is 9.97 Å². The van der Waals surface area contributed by atoms with Gasteiger partial charge in [-0.05, 0) is 25.1 Å². The molecule has 0 saturated carbocycles. The minimum atomic E-state index is -0.612. The Morgan fingerprint density at radius 2 is 2.26 bits per heavy atom. The Labute approximate surface area is 109 Å². The molecule has 0 fully saturated rings. The van der Waals surface area contributed by atoms with Crippen molar-refractivity contribution in [2.75, 3.05) is 5.32 Å². The molecule has 3 N–H and O–H groups in total. The smallest absolute Gasteiger partial charge is 0.254 e.